The lowest BCUT2D eigenvalue weighted by molar-refractivity contribution is -0.426. The van der Waals surface area contributed by atoms with Crippen molar-refractivity contribution < 1.29 is 52.8 Å². The Morgan fingerprint density at radius 1 is 0.697 bits per heavy atom. The average Bonchev–Trinajstić information content (AvgIpc) is 2.86. The number of hydrogen-bond donors (Lipinski definition) is 0. The highest BCUT2D eigenvalue weighted by molar-refractivity contribution is 5.96. The third-order valence-electron chi connectivity index (χ3n) is 4.18. The number of ether oxygens (including phenoxy) is 5. The van der Waals surface area contributed by atoms with Crippen LogP contribution >= 0.6 is 0 Å². The summed E-state index contributed by atoms with van der Waals surface area (Å²) in [6.07, 6.45) is -1.40. The molecule has 0 radical (unpaired) electrons. The molecule has 0 amide bonds. The van der Waals surface area contributed by atoms with Gasteiger partial charge in [0, 0.05) is 6.61 Å². The molecule has 0 spiro atoms. The number of carbonyl (C=O) groups is 2. The Balaban J connectivity index is 2.09. The van der Waals surface area contributed by atoms with Gasteiger partial charge in [-0.25, -0.2) is 9.59 Å². The topological polar surface area (TPSA) is 117 Å². The van der Waals surface area contributed by atoms with Crippen molar-refractivity contribution in [2.24, 2.45) is 0 Å². The van der Waals surface area contributed by atoms with E-state index in [-0.39, 0.29) is 40.7 Å². The third kappa shape index (κ3) is 6.72. The minimum Gasteiger partial charge on any atom is -0.496 e. The third-order valence-corrected chi connectivity index (χ3v) is 4.18. The fourth-order valence-corrected chi connectivity index (χ4v) is 2.67. The molecule has 2 rings (SSSR count). The van der Waals surface area contributed by atoms with E-state index in [1.54, 1.807) is 43.3 Å². The van der Waals surface area contributed by atoms with Crippen LogP contribution in [-0.4, -0.2) is 59.9 Å². The second-order valence-electron chi connectivity index (χ2n) is 6.10. The van der Waals surface area contributed by atoms with Crippen molar-refractivity contribution >= 4 is 11.9 Å². The van der Waals surface area contributed by atoms with Crippen LogP contribution in [0.25, 0.3) is 0 Å². The van der Waals surface area contributed by atoms with Crippen LogP contribution in [-0.2, 0) is 24.3 Å². The molecular formula is C22H26O11. The maximum absolute atomic E-state index is 12.6. The van der Waals surface area contributed by atoms with Crippen molar-refractivity contribution in [2.45, 2.75) is 13.2 Å². The van der Waals surface area contributed by atoms with Gasteiger partial charge in [0.05, 0.1) is 28.4 Å². The predicted octanol–water partition coefficient (Wildman–Crippen LogP) is 2.96. The Bertz CT molecular complexity index is 813. The molecule has 33 heavy (non-hydrogen) atoms. The molecule has 180 valence electrons. The van der Waals surface area contributed by atoms with Gasteiger partial charge in [-0.05, 0) is 31.2 Å². The highest BCUT2D eigenvalue weighted by Gasteiger charge is 2.26. The summed E-state index contributed by atoms with van der Waals surface area (Å²) >= 11 is 0. The Morgan fingerprint density at radius 2 is 1.06 bits per heavy atom. The number of methoxy groups -OCH3 is 4. The van der Waals surface area contributed by atoms with Crippen molar-refractivity contribution in [1.29, 1.82) is 0 Å². The van der Waals surface area contributed by atoms with Gasteiger partial charge < -0.3 is 23.7 Å². The number of hydrogen-bond acceptors (Lipinski definition) is 11. The van der Waals surface area contributed by atoms with E-state index in [1.807, 2.05) is 0 Å². The summed E-state index contributed by atoms with van der Waals surface area (Å²) in [5.41, 5.74) is -0.0122. The standard InChI is InChI=1S/C22H26O11/c1-6-29-13-18(30-32-21(23)19-14(25-2)9-7-10-15(19)26-3)31-33-22(24)20-16(27-4)11-8-12-17(20)28-5/h7-12,18H,6,13H2,1-5H3. The molecule has 0 heterocycles. The normalized spacial score (nSPS) is 10.5. The molecule has 11 nitrogen and oxygen atoms in total. The van der Waals surface area contributed by atoms with Gasteiger partial charge in [-0.1, -0.05) is 12.1 Å². The predicted molar refractivity (Wildman–Crippen MR) is 112 cm³/mol. The zero-order valence-electron chi connectivity index (χ0n) is 18.9. The van der Waals surface area contributed by atoms with Crippen LogP contribution in [0.1, 0.15) is 27.6 Å². The zero-order valence-corrected chi connectivity index (χ0v) is 18.9. The quantitative estimate of drug-likeness (QED) is 0.246. The molecule has 2 aromatic rings. The van der Waals surface area contributed by atoms with E-state index in [9.17, 15) is 9.59 Å². The lowest BCUT2D eigenvalue weighted by atomic mass is 10.2. The Morgan fingerprint density at radius 3 is 1.36 bits per heavy atom. The summed E-state index contributed by atoms with van der Waals surface area (Å²) < 4.78 is 25.9. The maximum Gasteiger partial charge on any atom is 0.380 e. The minimum atomic E-state index is -1.40. The first-order chi connectivity index (χ1) is 16.0. The molecule has 0 fully saturated rings. The first-order valence-electron chi connectivity index (χ1n) is 9.75. The lowest BCUT2D eigenvalue weighted by Gasteiger charge is -2.17. The zero-order chi connectivity index (χ0) is 24.2. The first-order valence-corrected chi connectivity index (χ1v) is 9.75. The summed E-state index contributed by atoms with van der Waals surface area (Å²) in [6.45, 7) is 1.81. The largest absolute Gasteiger partial charge is 0.496 e. The monoisotopic (exact) mass is 466 g/mol. The van der Waals surface area contributed by atoms with Crippen LogP contribution < -0.4 is 18.9 Å². The van der Waals surface area contributed by atoms with E-state index in [0.29, 0.717) is 6.61 Å². The van der Waals surface area contributed by atoms with E-state index in [1.165, 1.54) is 28.4 Å². The molecule has 0 aliphatic rings. The van der Waals surface area contributed by atoms with Crippen LogP contribution in [0.5, 0.6) is 23.0 Å². The van der Waals surface area contributed by atoms with Crippen molar-refractivity contribution in [2.75, 3.05) is 41.7 Å². The van der Waals surface area contributed by atoms with Crippen LogP contribution in [0.15, 0.2) is 36.4 Å². The second-order valence-corrected chi connectivity index (χ2v) is 6.10. The van der Waals surface area contributed by atoms with Crippen molar-refractivity contribution in [1.82, 2.24) is 0 Å². The summed E-state index contributed by atoms with van der Waals surface area (Å²) in [4.78, 5) is 44.9. The van der Waals surface area contributed by atoms with Crippen molar-refractivity contribution in [3.8, 4) is 23.0 Å². The van der Waals surface area contributed by atoms with Crippen LogP contribution in [0.2, 0.25) is 0 Å². The number of benzene rings is 2. The van der Waals surface area contributed by atoms with E-state index in [0.717, 1.165) is 0 Å². The van der Waals surface area contributed by atoms with E-state index >= 15 is 0 Å². The summed E-state index contributed by atoms with van der Waals surface area (Å²) in [5, 5.41) is 0. The molecule has 11 heteroatoms. The molecule has 0 unspecified atom stereocenters. The molecule has 0 saturated heterocycles. The van der Waals surface area contributed by atoms with E-state index in [4.69, 9.17) is 43.2 Å². The summed E-state index contributed by atoms with van der Waals surface area (Å²) in [5.74, 6) is -1.01. The summed E-state index contributed by atoms with van der Waals surface area (Å²) in [6, 6.07) is 9.49. The highest BCUT2D eigenvalue weighted by atomic mass is 17.3. The van der Waals surface area contributed by atoms with Gasteiger partial charge in [0.1, 0.15) is 40.7 Å². The van der Waals surface area contributed by atoms with Crippen molar-refractivity contribution in [3.05, 3.63) is 47.5 Å². The second kappa shape index (κ2) is 13.1. The maximum atomic E-state index is 12.6. The van der Waals surface area contributed by atoms with Gasteiger partial charge in [0.15, 0.2) is 0 Å². The molecule has 0 saturated carbocycles. The SMILES string of the molecule is CCOCC(OOC(=O)c1c(OC)cccc1OC)OOC(=O)c1c(OC)cccc1OC. The van der Waals surface area contributed by atoms with Gasteiger partial charge in [0.25, 0.3) is 6.29 Å². The first kappa shape index (κ1) is 25.7. The molecule has 0 aliphatic carbocycles. The molecule has 0 atom stereocenters. The fraction of sp³-hybridized carbons (Fsp3) is 0.364. The molecule has 0 aliphatic heterocycles. The van der Waals surface area contributed by atoms with Gasteiger partial charge in [-0.3, -0.25) is 9.78 Å². The molecular weight excluding hydrogens is 440 g/mol. The van der Waals surface area contributed by atoms with Crippen LogP contribution in [0, 0.1) is 0 Å². The fourth-order valence-electron chi connectivity index (χ4n) is 2.67. The van der Waals surface area contributed by atoms with Gasteiger partial charge >= 0.3 is 11.9 Å². The molecule has 2 aromatic carbocycles. The average molecular weight is 466 g/mol. The Kier molecular flexibility index (Phi) is 10.2. The van der Waals surface area contributed by atoms with Crippen LogP contribution in [0.4, 0.5) is 0 Å². The minimum absolute atomic E-state index is 0.00610. The van der Waals surface area contributed by atoms with Crippen LogP contribution in [0.3, 0.4) is 0 Å². The number of carbonyl (C=O) groups excluding carboxylic acids is 2. The van der Waals surface area contributed by atoms with E-state index in [2.05, 4.69) is 0 Å². The summed E-state index contributed by atoms with van der Waals surface area (Å²) in [7, 11) is 5.55. The Labute approximate surface area is 190 Å². The Hall–Kier alpha value is -3.54. The molecule has 0 bridgehead atoms. The van der Waals surface area contributed by atoms with Gasteiger partial charge in [-0.15, -0.1) is 9.78 Å². The van der Waals surface area contributed by atoms with Gasteiger partial charge in [0.2, 0.25) is 0 Å². The van der Waals surface area contributed by atoms with E-state index < -0.39 is 18.2 Å². The number of rotatable bonds is 13. The highest BCUT2D eigenvalue weighted by Crippen LogP contribution is 2.30. The molecule has 0 N–H and O–H groups in total. The lowest BCUT2D eigenvalue weighted by Crippen LogP contribution is -2.27. The molecule has 0 aromatic heterocycles. The van der Waals surface area contributed by atoms with Crippen molar-refractivity contribution in [3.63, 3.8) is 0 Å². The smallest absolute Gasteiger partial charge is 0.380 e. The van der Waals surface area contributed by atoms with Gasteiger partial charge in [-0.2, -0.15) is 0 Å².